The van der Waals surface area contributed by atoms with Crippen molar-refractivity contribution in [1.82, 2.24) is 14.8 Å². The summed E-state index contributed by atoms with van der Waals surface area (Å²) < 4.78 is 1.96. The Kier molecular flexibility index (Phi) is 4.32. The summed E-state index contributed by atoms with van der Waals surface area (Å²) in [7, 11) is 0. The van der Waals surface area contributed by atoms with Crippen molar-refractivity contribution in [2.75, 3.05) is 0 Å². The molecule has 1 unspecified atom stereocenters. The fraction of sp³-hybridized carbons (Fsp3) is 0.818. The number of aromatic nitrogens is 3. The molecule has 1 aromatic rings. The largest absolute Gasteiger partial charge is 0.250 e. The summed E-state index contributed by atoms with van der Waals surface area (Å²) in [6.45, 7) is 9.73. The first-order valence-corrected chi connectivity index (χ1v) is 6.37. The Morgan fingerprint density at radius 2 is 2.13 bits per heavy atom. The molecule has 0 radical (unpaired) electrons. The lowest BCUT2D eigenvalue weighted by Gasteiger charge is -2.25. The molecule has 1 atom stereocenters. The van der Waals surface area contributed by atoms with Gasteiger partial charge in [-0.15, -0.1) is 0 Å². The number of hydrogen-bond donors (Lipinski definition) is 0. The molecule has 0 spiro atoms. The predicted molar refractivity (Wildman–Crippen MR) is 66.2 cm³/mol. The molecule has 0 fully saturated rings. The summed E-state index contributed by atoms with van der Waals surface area (Å²) in [4.78, 5) is 4.79. The first kappa shape index (κ1) is 12.7. The average Bonchev–Trinajstić information content (AvgIpc) is 2.59. The number of rotatable bonds is 4. The van der Waals surface area contributed by atoms with Gasteiger partial charge in [0.25, 0.3) is 0 Å². The van der Waals surface area contributed by atoms with Crippen molar-refractivity contribution >= 4 is 15.9 Å². The Balaban J connectivity index is 2.50. The van der Waals surface area contributed by atoms with Crippen molar-refractivity contribution in [2.24, 2.45) is 5.41 Å². The van der Waals surface area contributed by atoms with Gasteiger partial charge in [-0.25, -0.2) is 4.98 Å². The highest BCUT2D eigenvalue weighted by molar-refractivity contribution is 9.09. The highest BCUT2D eigenvalue weighted by atomic mass is 79.9. The van der Waals surface area contributed by atoms with E-state index in [1.807, 2.05) is 4.68 Å². The van der Waals surface area contributed by atoms with Gasteiger partial charge in [-0.2, -0.15) is 5.10 Å². The molecule has 0 N–H and O–H groups in total. The molecule has 1 heterocycles. The van der Waals surface area contributed by atoms with Crippen molar-refractivity contribution in [3.05, 3.63) is 12.2 Å². The van der Waals surface area contributed by atoms with Crippen LogP contribution in [0.25, 0.3) is 0 Å². The van der Waals surface area contributed by atoms with Gasteiger partial charge < -0.3 is 0 Å². The third-order valence-corrected chi connectivity index (χ3v) is 4.39. The standard InChI is InChI=1S/C11H20BrN3/c1-5-15-10(13-8-14-15)7-6-9(12)11(2,3)4/h8-9H,5-7H2,1-4H3. The molecule has 0 bridgehead atoms. The molecule has 1 aromatic heterocycles. The number of aryl methyl sites for hydroxylation is 2. The van der Waals surface area contributed by atoms with E-state index in [1.165, 1.54) is 0 Å². The molecule has 86 valence electrons. The number of nitrogens with zero attached hydrogens (tertiary/aromatic N) is 3. The van der Waals surface area contributed by atoms with Crippen LogP contribution in [-0.2, 0) is 13.0 Å². The maximum Gasteiger partial charge on any atom is 0.138 e. The van der Waals surface area contributed by atoms with E-state index < -0.39 is 0 Å². The molecular weight excluding hydrogens is 254 g/mol. The normalized spacial score (nSPS) is 14.2. The average molecular weight is 274 g/mol. The monoisotopic (exact) mass is 273 g/mol. The first-order chi connectivity index (χ1) is 6.95. The molecule has 4 heteroatoms. The zero-order valence-corrected chi connectivity index (χ0v) is 11.6. The molecule has 0 amide bonds. The van der Waals surface area contributed by atoms with E-state index in [4.69, 9.17) is 0 Å². The topological polar surface area (TPSA) is 30.7 Å². The molecule has 0 aromatic carbocycles. The van der Waals surface area contributed by atoms with Crippen LogP contribution in [0.3, 0.4) is 0 Å². The molecular formula is C11H20BrN3. The summed E-state index contributed by atoms with van der Waals surface area (Å²) in [6, 6.07) is 0. The lowest BCUT2D eigenvalue weighted by molar-refractivity contribution is 0.382. The minimum Gasteiger partial charge on any atom is -0.250 e. The van der Waals surface area contributed by atoms with Gasteiger partial charge >= 0.3 is 0 Å². The van der Waals surface area contributed by atoms with Crippen LogP contribution in [0.1, 0.15) is 39.9 Å². The third-order valence-electron chi connectivity index (χ3n) is 2.56. The van der Waals surface area contributed by atoms with Crippen LogP contribution in [0.4, 0.5) is 0 Å². The van der Waals surface area contributed by atoms with E-state index >= 15 is 0 Å². The molecule has 0 saturated carbocycles. The van der Waals surface area contributed by atoms with E-state index in [2.05, 4.69) is 53.7 Å². The van der Waals surface area contributed by atoms with Crippen molar-refractivity contribution in [3.63, 3.8) is 0 Å². The van der Waals surface area contributed by atoms with E-state index in [-0.39, 0.29) is 0 Å². The van der Waals surface area contributed by atoms with E-state index in [1.54, 1.807) is 6.33 Å². The van der Waals surface area contributed by atoms with Crippen molar-refractivity contribution < 1.29 is 0 Å². The van der Waals surface area contributed by atoms with Gasteiger partial charge in [-0.05, 0) is 18.8 Å². The van der Waals surface area contributed by atoms with E-state index in [9.17, 15) is 0 Å². The number of hydrogen-bond acceptors (Lipinski definition) is 2. The lowest BCUT2D eigenvalue weighted by atomic mass is 9.89. The Labute approximate surface area is 100 Å². The van der Waals surface area contributed by atoms with Crippen LogP contribution in [0.15, 0.2) is 6.33 Å². The SMILES string of the molecule is CCn1ncnc1CCC(Br)C(C)(C)C. The Bertz CT molecular complexity index is 301. The Morgan fingerprint density at radius 1 is 1.47 bits per heavy atom. The zero-order valence-electron chi connectivity index (χ0n) is 10.00. The van der Waals surface area contributed by atoms with E-state index in [0.717, 1.165) is 25.2 Å². The van der Waals surface area contributed by atoms with Crippen LogP contribution in [0, 0.1) is 5.41 Å². The molecule has 0 aliphatic heterocycles. The summed E-state index contributed by atoms with van der Waals surface area (Å²) in [5, 5.41) is 4.17. The number of halogens is 1. The summed E-state index contributed by atoms with van der Waals surface area (Å²) in [5.74, 6) is 1.09. The molecule has 0 saturated heterocycles. The second-order valence-corrected chi connectivity index (χ2v) is 5.97. The van der Waals surface area contributed by atoms with Crippen LogP contribution >= 0.6 is 15.9 Å². The third kappa shape index (κ3) is 3.59. The Hall–Kier alpha value is -0.380. The summed E-state index contributed by atoms with van der Waals surface area (Å²) >= 11 is 3.73. The zero-order chi connectivity index (χ0) is 11.5. The highest BCUT2D eigenvalue weighted by Crippen LogP contribution is 2.29. The molecule has 1 rings (SSSR count). The molecule has 0 aliphatic rings. The minimum absolute atomic E-state index is 0.303. The van der Waals surface area contributed by atoms with Crippen molar-refractivity contribution in [2.45, 2.75) is 51.9 Å². The van der Waals surface area contributed by atoms with E-state index in [0.29, 0.717) is 10.2 Å². The van der Waals surface area contributed by atoms with Crippen LogP contribution in [0.2, 0.25) is 0 Å². The molecule has 3 nitrogen and oxygen atoms in total. The van der Waals surface area contributed by atoms with Gasteiger partial charge in [0.1, 0.15) is 12.2 Å². The van der Waals surface area contributed by atoms with Gasteiger partial charge in [0.05, 0.1) is 0 Å². The van der Waals surface area contributed by atoms with Gasteiger partial charge in [-0.1, -0.05) is 36.7 Å². The molecule has 15 heavy (non-hydrogen) atoms. The molecule has 0 aliphatic carbocycles. The van der Waals surface area contributed by atoms with Gasteiger partial charge in [0.15, 0.2) is 0 Å². The van der Waals surface area contributed by atoms with Crippen LogP contribution in [0.5, 0.6) is 0 Å². The van der Waals surface area contributed by atoms with Gasteiger partial charge in [0, 0.05) is 17.8 Å². The fourth-order valence-electron chi connectivity index (χ4n) is 1.43. The predicted octanol–water partition coefficient (Wildman–Crippen LogP) is 3.04. The smallest absolute Gasteiger partial charge is 0.138 e. The van der Waals surface area contributed by atoms with Crippen LogP contribution < -0.4 is 0 Å². The summed E-state index contributed by atoms with van der Waals surface area (Å²) in [5.41, 5.74) is 0.303. The van der Waals surface area contributed by atoms with Crippen molar-refractivity contribution in [1.29, 1.82) is 0 Å². The quantitative estimate of drug-likeness (QED) is 0.790. The van der Waals surface area contributed by atoms with Gasteiger partial charge in [-0.3, -0.25) is 4.68 Å². The van der Waals surface area contributed by atoms with Crippen LogP contribution in [-0.4, -0.2) is 19.6 Å². The second kappa shape index (κ2) is 5.10. The maximum absolute atomic E-state index is 4.27. The maximum atomic E-state index is 4.27. The lowest BCUT2D eigenvalue weighted by Crippen LogP contribution is -2.21. The summed E-state index contributed by atoms with van der Waals surface area (Å²) in [6.07, 6.45) is 3.72. The number of alkyl halides is 1. The highest BCUT2D eigenvalue weighted by Gasteiger charge is 2.21. The van der Waals surface area contributed by atoms with Crippen molar-refractivity contribution in [3.8, 4) is 0 Å². The Morgan fingerprint density at radius 3 is 2.67 bits per heavy atom. The first-order valence-electron chi connectivity index (χ1n) is 5.46. The van der Waals surface area contributed by atoms with Gasteiger partial charge in [0.2, 0.25) is 0 Å². The minimum atomic E-state index is 0.303. The fourth-order valence-corrected chi connectivity index (χ4v) is 1.66. The second-order valence-electron chi connectivity index (χ2n) is 4.86.